The maximum Gasteiger partial charge on any atom is 0.527 e. The normalized spacial score (nSPS) is 13.1. The standard InChI is InChI=1S/C11H7ClF7NO2/c1-5-6(12)3-2-4-7(5)20-8(21)9(13,14)10(15,16)22-11(17,18)19/h2-4H,1H3,(H,20,21). The number of halogens is 8. The molecule has 0 fully saturated rings. The first-order valence-corrected chi connectivity index (χ1v) is 5.75. The minimum Gasteiger partial charge on any atom is -0.320 e. The van der Waals surface area contributed by atoms with Gasteiger partial charge in [0.05, 0.1) is 0 Å². The number of carbonyl (C=O) groups excluding carboxylic acids is 1. The lowest BCUT2D eigenvalue weighted by molar-refractivity contribution is -0.457. The number of amides is 1. The molecule has 1 rings (SSSR count). The van der Waals surface area contributed by atoms with Crippen LogP contribution in [0.25, 0.3) is 0 Å². The van der Waals surface area contributed by atoms with E-state index < -0.39 is 24.3 Å². The Labute approximate surface area is 124 Å². The third-order valence-corrected chi connectivity index (χ3v) is 2.82. The molecule has 0 aliphatic heterocycles. The molecule has 1 amide bonds. The first-order chi connectivity index (χ1) is 9.78. The minimum atomic E-state index is -6.08. The van der Waals surface area contributed by atoms with E-state index in [4.69, 9.17) is 11.6 Å². The molecule has 1 aromatic carbocycles. The number of anilines is 1. The van der Waals surface area contributed by atoms with Crippen molar-refractivity contribution in [2.24, 2.45) is 0 Å². The van der Waals surface area contributed by atoms with Gasteiger partial charge in [0.25, 0.3) is 0 Å². The maximum atomic E-state index is 13.2. The van der Waals surface area contributed by atoms with Gasteiger partial charge in [-0.3, -0.25) is 4.79 Å². The molecule has 0 saturated carbocycles. The highest BCUT2D eigenvalue weighted by Crippen LogP contribution is 2.40. The fourth-order valence-electron chi connectivity index (χ4n) is 1.29. The van der Waals surface area contributed by atoms with Gasteiger partial charge in [-0.1, -0.05) is 17.7 Å². The van der Waals surface area contributed by atoms with Crippen LogP contribution in [0.1, 0.15) is 5.56 Å². The average Bonchev–Trinajstić information content (AvgIpc) is 2.31. The summed E-state index contributed by atoms with van der Waals surface area (Å²) >= 11 is 5.63. The van der Waals surface area contributed by atoms with Crippen LogP contribution in [0, 0.1) is 6.92 Å². The summed E-state index contributed by atoms with van der Waals surface area (Å²) in [5.41, 5.74) is -0.298. The molecule has 124 valence electrons. The van der Waals surface area contributed by atoms with Crippen molar-refractivity contribution < 1.29 is 40.3 Å². The van der Waals surface area contributed by atoms with Crippen LogP contribution in [0.3, 0.4) is 0 Å². The van der Waals surface area contributed by atoms with Gasteiger partial charge in [-0.05, 0) is 24.6 Å². The van der Waals surface area contributed by atoms with E-state index in [-0.39, 0.29) is 16.3 Å². The number of hydrogen-bond acceptors (Lipinski definition) is 2. The Balaban J connectivity index is 3.02. The van der Waals surface area contributed by atoms with Crippen molar-refractivity contribution in [3.05, 3.63) is 28.8 Å². The monoisotopic (exact) mass is 353 g/mol. The summed E-state index contributed by atoms with van der Waals surface area (Å²) < 4.78 is 89.3. The molecule has 22 heavy (non-hydrogen) atoms. The molecule has 0 aliphatic rings. The second kappa shape index (κ2) is 5.92. The number of rotatable bonds is 4. The van der Waals surface area contributed by atoms with Crippen molar-refractivity contribution in [3.63, 3.8) is 0 Å². The molecule has 1 N–H and O–H groups in total. The molecule has 0 aromatic heterocycles. The van der Waals surface area contributed by atoms with E-state index >= 15 is 0 Å². The van der Waals surface area contributed by atoms with E-state index in [1.807, 2.05) is 4.74 Å². The Bertz CT molecular complexity index is 574. The van der Waals surface area contributed by atoms with E-state index in [1.165, 1.54) is 24.4 Å². The van der Waals surface area contributed by atoms with Gasteiger partial charge in [0, 0.05) is 10.7 Å². The molecular formula is C11H7ClF7NO2. The number of alkyl halides is 7. The van der Waals surface area contributed by atoms with Crippen molar-refractivity contribution in [3.8, 4) is 0 Å². The van der Waals surface area contributed by atoms with Gasteiger partial charge in [-0.2, -0.15) is 17.6 Å². The second-order valence-electron chi connectivity index (χ2n) is 4.01. The molecule has 0 unspecified atom stereocenters. The highest BCUT2D eigenvalue weighted by molar-refractivity contribution is 6.31. The van der Waals surface area contributed by atoms with Crippen molar-refractivity contribution in [1.29, 1.82) is 0 Å². The van der Waals surface area contributed by atoms with E-state index in [1.54, 1.807) is 0 Å². The molecule has 11 heteroatoms. The van der Waals surface area contributed by atoms with E-state index in [0.29, 0.717) is 0 Å². The van der Waals surface area contributed by atoms with Gasteiger partial charge in [-0.15, -0.1) is 13.2 Å². The summed E-state index contributed by atoms with van der Waals surface area (Å²) in [6.45, 7) is 1.28. The largest absolute Gasteiger partial charge is 0.527 e. The average molecular weight is 354 g/mol. The third-order valence-electron chi connectivity index (χ3n) is 2.41. The molecular weight excluding hydrogens is 347 g/mol. The zero-order valence-corrected chi connectivity index (χ0v) is 11.3. The fraction of sp³-hybridized carbons (Fsp3) is 0.364. The number of carbonyl (C=O) groups is 1. The summed E-state index contributed by atoms with van der Waals surface area (Å²) in [4.78, 5) is 11.2. The van der Waals surface area contributed by atoms with Crippen molar-refractivity contribution in [1.82, 2.24) is 0 Å². The van der Waals surface area contributed by atoms with Gasteiger partial charge in [0.2, 0.25) is 0 Å². The quantitative estimate of drug-likeness (QED) is 0.817. The summed E-state index contributed by atoms with van der Waals surface area (Å²) in [6, 6.07) is 3.59. The maximum absolute atomic E-state index is 13.2. The number of hydrogen-bond donors (Lipinski definition) is 1. The Morgan fingerprint density at radius 1 is 1.14 bits per heavy atom. The first-order valence-electron chi connectivity index (χ1n) is 5.37. The summed E-state index contributed by atoms with van der Waals surface area (Å²) in [5.74, 6) is -8.44. The molecule has 0 bridgehead atoms. The zero-order valence-electron chi connectivity index (χ0n) is 10.6. The fourth-order valence-corrected chi connectivity index (χ4v) is 1.46. The predicted octanol–water partition coefficient (Wildman–Crippen LogP) is 4.35. The van der Waals surface area contributed by atoms with Crippen LogP contribution in [-0.2, 0) is 9.53 Å². The van der Waals surface area contributed by atoms with Crippen LogP contribution in [0.4, 0.5) is 36.4 Å². The molecule has 0 heterocycles. The molecule has 0 radical (unpaired) electrons. The molecule has 0 spiro atoms. The third kappa shape index (κ3) is 4.01. The van der Waals surface area contributed by atoms with Crippen LogP contribution < -0.4 is 5.32 Å². The van der Waals surface area contributed by atoms with Gasteiger partial charge in [0.1, 0.15) is 0 Å². The van der Waals surface area contributed by atoms with Crippen LogP contribution in [0.2, 0.25) is 5.02 Å². The van der Waals surface area contributed by atoms with Crippen molar-refractivity contribution >= 4 is 23.2 Å². The van der Waals surface area contributed by atoms with E-state index in [0.717, 1.165) is 6.07 Å². The first kappa shape index (κ1) is 18.5. The second-order valence-corrected chi connectivity index (χ2v) is 4.41. The van der Waals surface area contributed by atoms with Gasteiger partial charge in [-0.25, -0.2) is 4.74 Å². The minimum absolute atomic E-state index is 0.0272. The Morgan fingerprint density at radius 3 is 2.18 bits per heavy atom. The van der Waals surface area contributed by atoms with Crippen LogP contribution in [-0.4, -0.2) is 24.3 Å². The summed E-state index contributed by atoms with van der Waals surface area (Å²) in [7, 11) is 0. The summed E-state index contributed by atoms with van der Waals surface area (Å²) in [5, 5.41) is 1.41. The number of nitrogens with one attached hydrogen (secondary N) is 1. The Hall–Kier alpha value is -1.55. The van der Waals surface area contributed by atoms with Gasteiger partial charge >= 0.3 is 24.3 Å². The highest BCUT2D eigenvalue weighted by Gasteiger charge is 2.67. The van der Waals surface area contributed by atoms with Gasteiger partial charge < -0.3 is 5.32 Å². The molecule has 0 atom stereocenters. The van der Waals surface area contributed by atoms with Crippen LogP contribution in [0.5, 0.6) is 0 Å². The molecule has 0 saturated heterocycles. The molecule has 3 nitrogen and oxygen atoms in total. The smallest absolute Gasteiger partial charge is 0.320 e. The number of ether oxygens (including phenoxy) is 1. The van der Waals surface area contributed by atoms with Gasteiger partial charge in [0.15, 0.2) is 0 Å². The van der Waals surface area contributed by atoms with E-state index in [9.17, 15) is 35.5 Å². The molecule has 1 aromatic rings. The topological polar surface area (TPSA) is 38.3 Å². The lowest BCUT2D eigenvalue weighted by Crippen LogP contribution is -2.53. The zero-order chi connectivity index (χ0) is 17.3. The Morgan fingerprint density at radius 2 is 1.68 bits per heavy atom. The summed E-state index contributed by atoms with van der Waals surface area (Å²) in [6.07, 6.45) is -12.1. The van der Waals surface area contributed by atoms with Crippen molar-refractivity contribution in [2.75, 3.05) is 5.32 Å². The lowest BCUT2D eigenvalue weighted by atomic mass is 10.2. The molecule has 0 aliphatic carbocycles. The number of benzene rings is 1. The highest BCUT2D eigenvalue weighted by atomic mass is 35.5. The lowest BCUT2D eigenvalue weighted by Gasteiger charge is -2.25. The Kier molecular flexibility index (Phi) is 4.98. The predicted molar refractivity (Wildman–Crippen MR) is 61.9 cm³/mol. The van der Waals surface area contributed by atoms with Crippen molar-refractivity contribution in [2.45, 2.75) is 25.3 Å². The van der Waals surface area contributed by atoms with Crippen LogP contribution in [0.15, 0.2) is 18.2 Å². The van der Waals surface area contributed by atoms with Crippen LogP contribution >= 0.6 is 11.6 Å². The van der Waals surface area contributed by atoms with E-state index in [2.05, 4.69) is 0 Å². The SMILES string of the molecule is Cc1c(Cl)cccc1NC(=O)C(F)(F)C(F)(F)OC(F)(F)F.